The minimum Gasteiger partial charge on any atom is -0.497 e. The molecule has 1 fully saturated rings. The van der Waals surface area contributed by atoms with Crippen molar-refractivity contribution >= 4 is 23.2 Å². The van der Waals surface area contributed by atoms with E-state index in [0.717, 1.165) is 25.7 Å². The Balaban J connectivity index is 2.23. The lowest BCUT2D eigenvalue weighted by Crippen LogP contribution is -2.39. The van der Waals surface area contributed by atoms with Gasteiger partial charge in [0.2, 0.25) is 0 Å². The molecule has 1 aliphatic carbocycles. The fourth-order valence-electron chi connectivity index (χ4n) is 4.08. The van der Waals surface area contributed by atoms with Crippen molar-refractivity contribution in [2.75, 3.05) is 13.7 Å². The molecule has 27 heavy (non-hydrogen) atoms. The first kappa shape index (κ1) is 21.7. The van der Waals surface area contributed by atoms with Crippen LogP contribution in [0.1, 0.15) is 58.8 Å². The molecular weight excluding hydrogens is 364 g/mol. The Hall–Kier alpha value is -1.55. The summed E-state index contributed by atoms with van der Waals surface area (Å²) >= 11 is 6.30. The molecule has 0 heterocycles. The van der Waals surface area contributed by atoms with Crippen molar-refractivity contribution in [1.29, 1.82) is 0 Å². The zero-order valence-electron chi connectivity index (χ0n) is 16.6. The van der Waals surface area contributed by atoms with Crippen molar-refractivity contribution in [2.45, 2.75) is 58.8 Å². The SMILES string of the molecule is CCC(=O)C(C(=O)CC)C(COc1ccc(OC)cc1Cl)C1CCCCC1. The molecule has 0 spiro atoms. The Bertz CT molecular complexity index is 621. The standard InChI is InChI=1S/C22H31ClO4/c1-4-19(24)22(20(25)5-2)17(15-9-7-6-8-10-15)14-27-21-12-11-16(26-3)13-18(21)23/h11-13,15,17,22H,4-10,14H2,1-3H3. The van der Waals surface area contributed by atoms with Crippen molar-refractivity contribution in [3.63, 3.8) is 0 Å². The van der Waals surface area contributed by atoms with E-state index in [2.05, 4.69) is 0 Å². The van der Waals surface area contributed by atoms with Gasteiger partial charge in [0.05, 0.1) is 24.7 Å². The maximum Gasteiger partial charge on any atom is 0.143 e. The number of methoxy groups -OCH3 is 1. The minimum absolute atomic E-state index is 0.0295. The molecule has 0 aromatic heterocycles. The lowest BCUT2D eigenvalue weighted by atomic mass is 9.71. The second kappa shape index (κ2) is 10.7. The number of benzene rings is 1. The molecule has 1 aromatic rings. The first-order valence-corrected chi connectivity index (χ1v) is 10.4. The van der Waals surface area contributed by atoms with Gasteiger partial charge in [0.25, 0.3) is 0 Å². The molecule has 0 aliphatic heterocycles. The van der Waals surface area contributed by atoms with Gasteiger partial charge < -0.3 is 9.47 Å². The zero-order valence-corrected chi connectivity index (χ0v) is 17.4. The maximum absolute atomic E-state index is 12.6. The van der Waals surface area contributed by atoms with Crippen molar-refractivity contribution in [3.05, 3.63) is 23.2 Å². The van der Waals surface area contributed by atoms with E-state index in [0.29, 0.717) is 41.9 Å². The molecule has 0 N–H and O–H groups in total. The lowest BCUT2D eigenvalue weighted by Gasteiger charge is -2.34. The van der Waals surface area contributed by atoms with Crippen LogP contribution in [-0.4, -0.2) is 25.3 Å². The largest absolute Gasteiger partial charge is 0.497 e. The van der Waals surface area contributed by atoms with Crippen LogP contribution in [0.5, 0.6) is 11.5 Å². The number of ether oxygens (including phenoxy) is 2. The summed E-state index contributed by atoms with van der Waals surface area (Å²) < 4.78 is 11.2. The third-order valence-corrected chi connectivity index (χ3v) is 5.94. The highest BCUT2D eigenvalue weighted by atomic mass is 35.5. The van der Waals surface area contributed by atoms with Crippen LogP contribution in [0.3, 0.4) is 0 Å². The van der Waals surface area contributed by atoms with E-state index in [1.165, 1.54) is 6.42 Å². The molecule has 1 aromatic carbocycles. The van der Waals surface area contributed by atoms with Crippen molar-refractivity contribution in [1.82, 2.24) is 0 Å². The van der Waals surface area contributed by atoms with Gasteiger partial charge in [-0.25, -0.2) is 0 Å². The summed E-state index contributed by atoms with van der Waals surface area (Å²) in [6.07, 6.45) is 6.38. The molecule has 1 unspecified atom stereocenters. The average Bonchev–Trinajstić information content (AvgIpc) is 2.71. The van der Waals surface area contributed by atoms with Gasteiger partial charge in [-0.2, -0.15) is 0 Å². The third-order valence-electron chi connectivity index (χ3n) is 5.64. The van der Waals surface area contributed by atoms with Crippen LogP contribution >= 0.6 is 11.6 Å². The summed E-state index contributed by atoms with van der Waals surface area (Å²) in [4.78, 5) is 25.3. The smallest absolute Gasteiger partial charge is 0.143 e. The summed E-state index contributed by atoms with van der Waals surface area (Å²) in [5.74, 6) is 0.959. The van der Waals surface area contributed by atoms with Crippen molar-refractivity contribution in [3.8, 4) is 11.5 Å². The van der Waals surface area contributed by atoms with Gasteiger partial charge >= 0.3 is 0 Å². The van der Waals surface area contributed by atoms with Gasteiger partial charge in [0, 0.05) is 24.8 Å². The lowest BCUT2D eigenvalue weighted by molar-refractivity contribution is -0.136. The van der Waals surface area contributed by atoms with Crippen LogP contribution in [0.25, 0.3) is 0 Å². The second-order valence-corrected chi connectivity index (χ2v) is 7.69. The fourth-order valence-corrected chi connectivity index (χ4v) is 4.30. The first-order valence-electron chi connectivity index (χ1n) is 10.0. The Morgan fingerprint density at radius 1 is 1.11 bits per heavy atom. The first-order chi connectivity index (χ1) is 13.0. The quantitative estimate of drug-likeness (QED) is 0.492. The molecule has 5 heteroatoms. The fraction of sp³-hybridized carbons (Fsp3) is 0.636. The number of carbonyl (C=O) groups is 2. The zero-order chi connectivity index (χ0) is 19.8. The van der Waals surface area contributed by atoms with Gasteiger partial charge in [-0.05, 0) is 18.1 Å². The number of hydrogen-bond acceptors (Lipinski definition) is 4. The summed E-state index contributed by atoms with van der Waals surface area (Å²) in [7, 11) is 1.59. The number of Topliss-reactive ketones (excluding diaryl/α,β-unsaturated/α-hetero) is 2. The van der Waals surface area contributed by atoms with E-state index in [1.807, 2.05) is 13.8 Å². The Labute approximate surface area is 167 Å². The molecule has 150 valence electrons. The second-order valence-electron chi connectivity index (χ2n) is 7.29. The van der Waals surface area contributed by atoms with Crippen LogP contribution in [0.15, 0.2) is 18.2 Å². The van der Waals surface area contributed by atoms with Gasteiger partial charge in [-0.15, -0.1) is 0 Å². The monoisotopic (exact) mass is 394 g/mol. The molecule has 2 rings (SSSR count). The highest BCUT2D eigenvalue weighted by Crippen LogP contribution is 2.37. The van der Waals surface area contributed by atoms with Crippen LogP contribution in [0, 0.1) is 17.8 Å². The van der Waals surface area contributed by atoms with Crippen LogP contribution in [-0.2, 0) is 9.59 Å². The molecule has 0 bridgehead atoms. The Morgan fingerprint density at radius 2 is 1.74 bits per heavy atom. The molecule has 1 aliphatic rings. The molecule has 4 nitrogen and oxygen atoms in total. The van der Waals surface area contributed by atoms with E-state index in [1.54, 1.807) is 25.3 Å². The van der Waals surface area contributed by atoms with Crippen LogP contribution in [0.4, 0.5) is 0 Å². The summed E-state index contributed by atoms with van der Waals surface area (Å²) in [6.45, 7) is 3.99. The number of halogens is 1. The Kier molecular flexibility index (Phi) is 8.62. The summed E-state index contributed by atoms with van der Waals surface area (Å²) in [5, 5.41) is 0.469. The molecule has 1 atom stereocenters. The number of ketones is 2. The number of carbonyl (C=O) groups excluding carboxylic acids is 2. The minimum atomic E-state index is -0.569. The summed E-state index contributed by atoms with van der Waals surface area (Å²) in [5.41, 5.74) is 0. The van der Waals surface area contributed by atoms with E-state index in [4.69, 9.17) is 21.1 Å². The molecule has 1 saturated carbocycles. The highest BCUT2D eigenvalue weighted by Gasteiger charge is 2.38. The van der Waals surface area contributed by atoms with E-state index >= 15 is 0 Å². The Morgan fingerprint density at radius 3 is 2.26 bits per heavy atom. The van der Waals surface area contributed by atoms with E-state index in [9.17, 15) is 9.59 Å². The number of hydrogen-bond donors (Lipinski definition) is 0. The molecule has 0 radical (unpaired) electrons. The van der Waals surface area contributed by atoms with Gasteiger partial charge in [-0.1, -0.05) is 57.6 Å². The van der Waals surface area contributed by atoms with E-state index in [-0.39, 0.29) is 17.5 Å². The van der Waals surface area contributed by atoms with Gasteiger partial charge in [0.15, 0.2) is 0 Å². The number of rotatable bonds is 10. The normalized spacial score (nSPS) is 16.2. The third kappa shape index (κ3) is 5.71. The van der Waals surface area contributed by atoms with Crippen molar-refractivity contribution in [2.24, 2.45) is 17.8 Å². The van der Waals surface area contributed by atoms with Crippen molar-refractivity contribution < 1.29 is 19.1 Å². The molecule has 0 amide bonds. The van der Waals surface area contributed by atoms with Gasteiger partial charge in [-0.3, -0.25) is 9.59 Å². The molecular formula is C22H31ClO4. The maximum atomic E-state index is 12.6. The molecule has 0 saturated heterocycles. The predicted octanol–water partition coefficient (Wildman–Crippen LogP) is 5.50. The van der Waals surface area contributed by atoms with E-state index < -0.39 is 5.92 Å². The summed E-state index contributed by atoms with van der Waals surface area (Å²) in [6, 6.07) is 5.28. The predicted molar refractivity (Wildman–Crippen MR) is 108 cm³/mol. The van der Waals surface area contributed by atoms with Crippen LogP contribution in [0.2, 0.25) is 5.02 Å². The topological polar surface area (TPSA) is 52.6 Å². The van der Waals surface area contributed by atoms with Gasteiger partial charge in [0.1, 0.15) is 23.1 Å². The highest BCUT2D eigenvalue weighted by molar-refractivity contribution is 6.32. The van der Waals surface area contributed by atoms with Crippen LogP contribution < -0.4 is 9.47 Å². The average molecular weight is 395 g/mol.